The molecule has 0 bridgehead atoms. The molecule has 0 spiro atoms. The van der Waals surface area contributed by atoms with E-state index in [1.54, 1.807) is 18.2 Å². The van der Waals surface area contributed by atoms with Crippen molar-refractivity contribution in [3.8, 4) is 11.5 Å². The summed E-state index contributed by atoms with van der Waals surface area (Å²) in [6.45, 7) is 0.160. The van der Waals surface area contributed by atoms with Gasteiger partial charge in [-0.1, -0.05) is 41.9 Å². The molecule has 4 rings (SSSR count). The molecule has 180 valence electrons. The van der Waals surface area contributed by atoms with Crippen LogP contribution in [-0.4, -0.2) is 31.6 Å². The van der Waals surface area contributed by atoms with Gasteiger partial charge in [0.1, 0.15) is 4.90 Å². The van der Waals surface area contributed by atoms with E-state index >= 15 is 0 Å². The fourth-order valence-corrected chi connectivity index (χ4v) is 5.69. The number of amides is 2. The fourth-order valence-electron chi connectivity index (χ4n) is 3.21. The molecule has 0 N–H and O–H groups in total. The lowest BCUT2D eigenvalue weighted by molar-refractivity contribution is -0.123. The molecule has 7 nitrogen and oxygen atoms in total. The molecular weight excluding hydrogens is 625 g/mol. The zero-order valence-electron chi connectivity index (χ0n) is 18.1. The highest BCUT2D eigenvalue weighted by molar-refractivity contribution is 14.1. The van der Waals surface area contributed by atoms with Gasteiger partial charge in [-0.05, 0) is 88.0 Å². The van der Waals surface area contributed by atoms with Crippen molar-refractivity contribution in [2.45, 2.75) is 11.4 Å². The van der Waals surface area contributed by atoms with E-state index in [9.17, 15) is 18.0 Å². The number of imide groups is 1. The summed E-state index contributed by atoms with van der Waals surface area (Å²) in [7, 11) is -2.81. The molecular formula is C24H17ClINO6S2. The summed E-state index contributed by atoms with van der Waals surface area (Å²) in [6, 6.07) is 18.1. The molecule has 1 fully saturated rings. The van der Waals surface area contributed by atoms with Crippen LogP contribution in [0.4, 0.5) is 4.79 Å². The van der Waals surface area contributed by atoms with Gasteiger partial charge in [-0.15, -0.1) is 0 Å². The Morgan fingerprint density at radius 3 is 2.40 bits per heavy atom. The monoisotopic (exact) mass is 641 g/mol. The molecule has 0 unspecified atom stereocenters. The van der Waals surface area contributed by atoms with Crippen molar-refractivity contribution < 1.29 is 26.9 Å². The van der Waals surface area contributed by atoms with E-state index in [1.165, 1.54) is 42.4 Å². The van der Waals surface area contributed by atoms with Gasteiger partial charge in [0.15, 0.2) is 5.75 Å². The molecule has 1 aliphatic rings. The second-order valence-electron chi connectivity index (χ2n) is 7.28. The van der Waals surface area contributed by atoms with Crippen molar-refractivity contribution in [2.75, 3.05) is 7.11 Å². The SMILES string of the molecule is COc1cc(/C=C2\SC(=O)N(Cc3ccc(I)cc3)C2=O)cc(Cl)c1OS(=O)(=O)c1ccccc1. The topological polar surface area (TPSA) is 90.0 Å². The Bertz CT molecular complexity index is 1430. The molecule has 3 aromatic rings. The maximum Gasteiger partial charge on any atom is 0.339 e. The summed E-state index contributed by atoms with van der Waals surface area (Å²) in [5, 5.41) is -0.417. The summed E-state index contributed by atoms with van der Waals surface area (Å²) in [4.78, 5) is 26.7. The molecule has 1 saturated heterocycles. The van der Waals surface area contributed by atoms with Crippen LogP contribution in [0.25, 0.3) is 6.08 Å². The van der Waals surface area contributed by atoms with Gasteiger partial charge in [0.05, 0.1) is 23.6 Å². The number of nitrogens with zero attached hydrogens (tertiary/aromatic N) is 1. The molecule has 0 aliphatic carbocycles. The van der Waals surface area contributed by atoms with Crippen molar-refractivity contribution >= 4 is 73.3 Å². The van der Waals surface area contributed by atoms with Gasteiger partial charge in [0.2, 0.25) is 5.75 Å². The Labute approximate surface area is 225 Å². The lowest BCUT2D eigenvalue weighted by Gasteiger charge is -2.13. The number of methoxy groups -OCH3 is 1. The summed E-state index contributed by atoms with van der Waals surface area (Å²) < 4.78 is 36.9. The fraction of sp³-hybridized carbons (Fsp3) is 0.0833. The third-order valence-corrected chi connectivity index (χ3v) is 8.04. The van der Waals surface area contributed by atoms with Crippen LogP contribution in [0.5, 0.6) is 11.5 Å². The second kappa shape index (κ2) is 10.6. The van der Waals surface area contributed by atoms with Gasteiger partial charge in [-0.3, -0.25) is 14.5 Å². The Morgan fingerprint density at radius 2 is 1.74 bits per heavy atom. The predicted octanol–water partition coefficient (Wildman–Crippen LogP) is 5.96. The molecule has 0 aromatic heterocycles. The number of thioether (sulfide) groups is 1. The van der Waals surface area contributed by atoms with Crippen molar-refractivity contribution in [3.63, 3.8) is 0 Å². The maximum absolute atomic E-state index is 12.9. The molecule has 0 radical (unpaired) electrons. The van der Waals surface area contributed by atoms with Crippen molar-refractivity contribution in [2.24, 2.45) is 0 Å². The van der Waals surface area contributed by atoms with E-state index in [0.717, 1.165) is 20.9 Å². The van der Waals surface area contributed by atoms with Gasteiger partial charge < -0.3 is 8.92 Å². The minimum atomic E-state index is -4.15. The van der Waals surface area contributed by atoms with Crippen LogP contribution in [0.1, 0.15) is 11.1 Å². The van der Waals surface area contributed by atoms with Gasteiger partial charge in [0.25, 0.3) is 11.1 Å². The number of hydrogen-bond donors (Lipinski definition) is 0. The van der Waals surface area contributed by atoms with Gasteiger partial charge >= 0.3 is 10.1 Å². The highest BCUT2D eigenvalue weighted by Crippen LogP contribution is 2.40. The smallest absolute Gasteiger partial charge is 0.339 e. The molecule has 1 aliphatic heterocycles. The van der Waals surface area contributed by atoms with E-state index in [0.29, 0.717) is 5.56 Å². The van der Waals surface area contributed by atoms with E-state index < -0.39 is 16.0 Å². The van der Waals surface area contributed by atoms with E-state index in [4.69, 9.17) is 20.5 Å². The Morgan fingerprint density at radius 1 is 1.06 bits per heavy atom. The van der Waals surface area contributed by atoms with Crippen LogP contribution in [0.15, 0.2) is 76.5 Å². The average Bonchev–Trinajstić information content (AvgIpc) is 3.09. The number of carbonyl (C=O) groups excluding carboxylic acids is 2. The van der Waals surface area contributed by atoms with Crippen molar-refractivity contribution in [1.29, 1.82) is 0 Å². The highest BCUT2D eigenvalue weighted by Gasteiger charge is 2.35. The van der Waals surface area contributed by atoms with Crippen LogP contribution in [-0.2, 0) is 21.5 Å². The Balaban J connectivity index is 1.59. The summed E-state index contributed by atoms with van der Waals surface area (Å²) in [6.07, 6.45) is 1.50. The Kier molecular flexibility index (Phi) is 7.74. The van der Waals surface area contributed by atoms with Gasteiger partial charge in [-0.2, -0.15) is 8.42 Å². The summed E-state index contributed by atoms with van der Waals surface area (Å²) >= 11 is 9.33. The van der Waals surface area contributed by atoms with Crippen LogP contribution < -0.4 is 8.92 Å². The van der Waals surface area contributed by atoms with Crippen LogP contribution >= 0.6 is 46.0 Å². The van der Waals surface area contributed by atoms with Crippen molar-refractivity contribution in [3.05, 3.63) is 91.4 Å². The largest absolute Gasteiger partial charge is 0.493 e. The normalized spacial score (nSPS) is 15.1. The molecule has 0 atom stereocenters. The predicted molar refractivity (Wildman–Crippen MR) is 143 cm³/mol. The molecule has 0 saturated carbocycles. The van der Waals surface area contributed by atoms with E-state index in [2.05, 4.69) is 22.6 Å². The third-order valence-electron chi connectivity index (χ3n) is 4.90. The zero-order valence-corrected chi connectivity index (χ0v) is 22.7. The molecule has 2 amide bonds. The summed E-state index contributed by atoms with van der Waals surface area (Å²) in [5.74, 6) is -0.552. The van der Waals surface area contributed by atoms with Crippen LogP contribution in [0, 0.1) is 3.57 Å². The molecule has 11 heteroatoms. The highest BCUT2D eigenvalue weighted by atomic mass is 127. The minimum absolute atomic E-state index is 0.0341. The number of ether oxygens (including phenoxy) is 1. The average molecular weight is 642 g/mol. The van der Waals surface area contributed by atoms with Crippen LogP contribution in [0.2, 0.25) is 5.02 Å². The maximum atomic E-state index is 12.9. The summed E-state index contributed by atoms with van der Waals surface area (Å²) in [5.41, 5.74) is 1.27. The number of halogens is 2. The number of rotatable bonds is 7. The first-order chi connectivity index (χ1) is 16.7. The van der Waals surface area contributed by atoms with Crippen LogP contribution in [0.3, 0.4) is 0 Å². The molecule has 1 heterocycles. The lowest BCUT2D eigenvalue weighted by atomic mass is 10.1. The lowest BCUT2D eigenvalue weighted by Crippen LogP contribution is -2.27. The standard InChI is InChI=1S/C24H17ClINO6S2/c1-32-20-12-16(11-19(25)22(20)33-35(30,31)18-5-3-2-4-6-18)13-21-23(28)27(24(29)34-21)14-15-7-9-17(26)10-8-15/h2-13H,14H2,1H3/b21-13-. The van der Waals surface area contributed by atoms with Gasteiger partial charge in [-0.25, -0.2) is 0 Å². The first kappa shape index (κ1) is 25.5. The Hall–Kier alpha value is -2.54. The van der Waals surface area contributed by atoms with Gasteiger partial charge in [0, 0.05) is 3.57 Å². The minimum Gasteiger partial charge on any atom is -0.493 e. The van der Waals surface area contributed by atoms with E-state index in [-0.39, 0.29) is 38.1 Å². The number of benzene rings is 3. The van der Waals surface area contributed by atoms with E-state index in [1.807, 2.05) is 24.3 Å². The number of hydrogen-bond acceptors (Lipinski definition) is 7. The number of carbonyl (C=O) groups is 2. The quantitative estimate of drug-likeness (QED) is 0.179. The van der Waals surface area contributed by atoms with Crippen molar-refractivity contribution in [1.82, 2.24) is 4.90 Å². The molecule has 3 aromatic carbocycles. The molecule has 35 heavy (non-hydrogen) atoms. The zero-order chi connectivity index (χ0) is 25.2. The third kappa shape index (κ3) is 5.83. The first-order valence-corrected chi connectivity index (χ1v) is 13.7. The second-order valence-corrected chi connectivity index (χ2v) is 11.5. The first-order valence-electron chi connectivity index (χ1n) is 10.0.